The molecule has 0 saturated heterocycles. The monoisotopic (exact) mass is 229 g/mol. The van der Waals surface area contributed by atoms with E-state index < -0.39 is 0 Å². The van der Waals surface area contributed by atoms with Gasteiger partial charge in [0.25, 0.3) is 0 Å². The Labute approximate surface area is 102 Å². The topological polar surface area (TPSA) is 39.2 Å². The molecule has 2 aromatic rings. The SMILES string of the molecule is CCc1occc1C(N)c1ccc(C)c(C)c1. The van der Waals surface area contributed by atoms with Crippen LogP contribution in [0.1, 0.15) is 41.0 Å². The number of benzene rings is 1. The number of hydrogen-bond donors (Lipinski definition) is 1. The summed E-state index contributed by atoms with van der Waals surface area (Å²) in [7, 11) is 0. The van der Waals surface area contributed by atoms with Gasteiger partial charge < -0.3 is 10.2 Å². The Balaban J connectivity index is 2.36. The molecule has 0 radical (unpaired) electrons. The lowest BCUT2D eigenvalue weighted by molar-refractivity contribution is 0.509. The summed E-state index contributed by atoms with van der Waals surface area (Å²) in [5, 5.41) is 0. The lowest BCUT2D eigenvalue weighted by atomic mass is 9.96. The summed E-state index contributed by atoms with van der Waals surface area (Å²) in [6, 6.07) is 8.25. The molecule has 2 heteroatoms. The van der Waals surface area contributed by atoms with Gasteiger partial charge in [-0.05, 0) is 36.6 Å². The van der Waals surface area contributed by atoms with Crippen LogP contribution in [0.4, 0.5) is 0 Å². The molecule has 1 atom stereocenters. The van der Waals surface area contributed by atoms with E-state index in [1.807, 2.05) is 6.07 Å². The van der Waals surface area contributed by atoms with Gasteiger partial charge in [0.1, 0.15) is 5.76 Å². The van der Waals surface area contributed by atoms with E-state index in [4.69, 9.17) is 10.2 Å². The lowest BCUT2D eigenvalue weighted by Gasteiger charge is -2.13. The molecule has 2 nitrogen and oxygen atoms in total. The van der Waals surface area contributed by atoms with Crippen LogP contribution in [0, 0.1) is 13.8 Å². The molecule has 0 aliphatic heterocycles. The first-order valence-corrected chi connectivity index (χ1v) is 6.02. The molecule has 1 heterocycles. The second kappa shape index (κ2) is 4.76. The molecule has 17 heavy (non-hydrogen) atoms. The third kappa shape index (κ3) is 2.27. The van der Waals surface area contributed by atoms with Crippen molar-refractivity contribution in [3.05, 3.63) is 58.5 Å². The molecule has 2 N–H and O–H groups in total. The van der Waals surface area contributed by atoms with Crippen molar-refractivity contribution in [2.24, 2.45) is 5.73 Å². The molecule has 0 aliphatic rings. The summed E-state index contributed by atoms with van der Waals surface area (Å²) in [5.41, 5.74) is 11.1. The van der Waals surface area contributed by atoms with Gasteiger partial charge in [0.2, 0.25) is 0 Å². The van der Waals surface area contributed by atoms with E-state index in [-0.39, 0.29) is 6.04 Å². The third-order valence-corrected chi connectivity index (χ3v) is 3.33. The number of hydrogen-bond acceptors (Lipinski definition) is 2. The lowest BCUT2D eigenvalue weighted by Crippen LogP contribution is -2.13. The van der Waals surface area contributed by atoms with Crippen LogP contribution in [0.15, 0.2) is 34.9 Å². The fraction of sp³-hybridized carbons (Fsp3) is 0.333. The normalized spacial score (nSPS) is 12.7. The maximum Gasteiger partial charge on any atom is 0.108 e. The molecule has 0 spiro atoms. The van der Waals surface area contributed by atoms with Crippen molar-refractivity contribution < 1.29 is 4.42 Å². The molecule has 1 unspecified atom stereocenters. The van der Waals surface area contributed by atoms with Crippen molar-refractivity contribution in [1.82, 2.24) is 0 Å². The molecular formula is C15H19NO. The van der Waals surface area contributed by atoms with Crippen molar-refractivity contribution >= 4 is 0 Å². The molecule has 0 amide bonds. The van der Waals surface area contributed by atoms with Gasteiger partial charge in [0.05, 0.1) is 12.3 Å². The predicted octanol–water partition coefficient (Wildman–Crippen LogP) is 3.51. The minimum Gasteiger partial charge on any atom is -0.469 e. The van der Waals surface area contributed by atoms with Crippen molar-refractivity contribution in [1.29, 1.82) is 0 Å². The van der Waals surface area contributed by atoms with E-state index in [9.17, 15) is 0 Å². The molecule has 1 aromatic heterocycles. The molecule has 0 bridgehead atoms. The molecule has 0 aliphatic carbocycles. The van der Waals surface area contributed by atoms with E-state index in [1.165, 1.54) is 11.1 Å². The number of aryl methyl sites for hydroxylation is 3. The number of rotatable bonds is 3. The van der Waals surface area contributed by atoms with E-state index >= 15 is 0 Å². The Morgan fingerprint density at radius 3 is 2.59 bits per heavy atom. The van der Waals surface area contributed by atoms with Crippen LogP contribution in [-0.4, -0.2) is 0 Å². The smallest absolute Gasteiger partial charge is 0.108 e. The first-order valence-electron chi connectivity index (χ1n) is 6.02. The predicted molar refractivity (Wildman–Crippen MR) is 70.0 cm³/mol. The van der Waals surface area contributed by atoms with Crippen molar-refractivity contribution in [2.75, 3.05) is 0 Å². The average molecular weight is 229 g/mol. The van der Waals surface area contributed by atoms with Gasteiger partial charge in [0, 0.05) is 12.0 Å². The molecule has 0 saturated carbocycles. The molecule has 2 rings (SSSR count). The van der Waals surface area contributed by atoms with E-state index in [2.05, 4.69) is 39.0 Å². The third-order valence-electron chi connectivity index (χ3n) is 3.33. The van der Waals surface area contributed by atoms with Crippen LogP contribution in [-0.2, 0) is 6.42 Å². The van der Waals surface area contributed by atoms with E-state index in [0.29, 0.717) is 0 Å². The minimum atomic E-state index is -0.0944. The quantitative estimate of drug-likeness (QED) is 0.874. The fourth-order valence-corrected chi connectivity index (χ4v) is 2.05. The van der Waals surface area contributed by atoms with Crippen LogP contribution < -0.4 is 5.73 Å². The Hall–Kier alpha value is -1.54. The van der Waals surface area contributed by atoms with Crippen molar-refractivity contribution in [2.45, 2.75) is 33.2 Å². The van der Waals surface area contributed by atoms with Gasteiger partial charge in [-0.2, -0.15) is 0 Å². The van der Waals surface area contributed by atoms with Crippen LogP contribution in [0.3, 0.4) is 0 Å². The number of furan rings is 1. The zero-order chi connectivity index (χ0) is 12.4. The maximum atomic E-state index is 6.30. The average Bonchev–Trinajstić information content (AvgIpc) is 2.80. The summed E-state index contributed by atoms with van der Waals surface area (Å²) in [6.07, 6.45) is 2.59. The molecular weight excluding hydrogens is 210 g/mol. The summed E-state index contributed by atoms with van der Waals surface area (Å²) >= 11 is 0. The Morgan fingerprint density at radius 2 is 1.94 bits per heavy atom. The van der Waals surface area contributed by atoms with E-state index in [1.54, 1.807) is 6.26 Å². The van der Waals surface area contributed by atoms with Crippen molar-refractivity contribution in [3.8, 4) is 0 Å². The van der Waals surface area contributed by atoms with Gasteiger partial charge in [-0.1, -0.05) is 25.1 Å². The Morgan fingerprint density at radius 1 is 1.18 bits per heavy atom. The van der Waals surface area contributed by atoms with Crippen LogP contribution >= 0.6 is 0 Å². The first kappa shape index (κ1) is 11.9. The largest absolute Gasteiger partial charge is 0.469 e. The highest BCUT2D eigenvalue weighted by Gasteiger charge is 2.15. The van der Waals surface area contributed by atoms with Crippen molar-refractivity contribution in [3.63, 3.8) is 0 Å². The highest BCUT2D eigenvalue weighted by Crippen LogP contribution is 2.25. The van der Waals surface area contributed by atoms with Crippen LogP contribution in [0.5, 0.6) is 0 Å². The maximum absolute atomic E-state index is 6.30. The summed E-state index contributed by atoms with van der Waals surface area (Å²) in [6.45, 7) is 6.30. The Bertz CT molecular complexity index is 513. The van der Waals surface area contributed by atoms with Gasteiger partial charge in [-0.15, -0.1) is 0 Å². The first-order chi connectivity index (χ1) is 8.13. The molecule has 90 valence electrons. The van der Waals surface area contributed by atoms with Crippen LogP contribution in [0.2, 0.25) is 0 Å². The van der Waals surface area contributed by atoms with E-state index in [0.717, 1.165) is 23.3 Å². The highest BCUT2D eigenvalue weighted by molar-refractivity contribution is 5.37. The van der Waals surface area contributed by atoms with Crippen LogP contribution in [0.25, 0.3) is 0 Å². The summed E-state index contributed by atoms with van der Waals surface area (Å²) in [4.78, 5) is 0. The summed E-state index contributed by atoms with van der Waals surface area (Å²) < 4.78 is 5.43. The zero-order valence-electron chi connectivity index (χ0n) is 10.7. The number of nitrogens with two attached hydrogens (primary N) is 1. The van der Waals surface area contributed by atoms with Gasteiger partial charge in [0.15, 0.2) is 0 Å². The second-order valence-corrected chi connectivity index (χ2v) is 4.47. The standard InChI is InChI=1S/C15H19NO/c1-4-14-13(7-8-17-14)15(16)12-6-5-10(2)11(3)9-12/h5-9,15H,4,16H2,1-3H3. The Kier molecular flexibility index (Phi) is 3.34. The fourth-order valence-electron chi connectivity index (χ4n) is 2.05. The minimum absolute atomic E-state index is 0.0944. The van der Waals surface area contributed by atoms with Gasteiger partial charge in [-0.3, -0.25) is 0 Å². The second-order valence-electron chi connectivity index (χ2n) is 4.47. The van der Waals surface area contributed by atoms with Gasteiger partial charge in [-0.25, -0.2) is 0 Å². The molecule has 0 fully saturated rings. The molecule has 1 aromatic carbocycles. The van der Waals surface area contributed by atoms with Gasteiger partial charge >= 0.3 is 0 Å². The summed E-state index contributed by atoms with van der Waals surface area (Å²) in [5.74, 6) is 0.982. The highest BCUT2D eigenvalue weighted by atomic mass is 16.3. The zero-order valence-corrected chi connectivity index (χ0v) is 10.7.